The van der Waals surface area contributed by atoms with Crippen molar-refractivity contribution in [2.24, 2.45) is 0 Å². The van der Waals surface area contributed by atoms with Gasteiger partial charge in [-0.1, -0.05) is 23.3 Å². The molecular weight excluding hydrogens is 404 g/mol. The number of hydrogen-bond acceptors (Lipinski definition) is 5. The maximum Gasteiger partial charge on any atom is 0.189 e. The number of methoxy groups -OCH3 is 2. The molecule has 2 rings (SSSR count). The molecular formula is C27H32O5. The van der Waals surface area contributed by atoms with E-state index < -0.39 is 0 Å². The Morgan fingerprint density at radius 2 is 1.31 bits per heavy atom. The third kappa shape index (κ3) is 6.03. The molecule has 0 saturated heterocycles. The molecule has 0 spiro atoms. The minimum absolute atomic E-state index is 0.0640. The topological polar surface area (TPSA) is 76.0 Å². The first-order valence-corrected chi connectivity index (χ1v) is 10.5. The Hall–Kier alpha value is -3.47. The Morgan fingerprint density at radius 3 is 1.81 bits per heavy atom. The molecule has 2 aromatic rings. The summed E-state index contributed by atoms with van der Waals surface area (Å²) in [6, 6.07) is 6.68. The summed E-state index contributed by atoms with van der Waals surface area (Å²) >= 11 is 0. The highest BCUT2D eigenvalue weighted by Crippen LogP contribution is 2.35. The van der Waals surface area contributed by atoms with Gasteiger partial charge in [-0.05, 0) is 77.0 Å². The maximum absolute atomic E-state index is 12.8. The molecule has 2 aromatic carbocycles. The molecule has 0 heterocycles. The van der Waals surface area contributed by atoms with Gasteiger partial charge < -0.3 is 19.7 Å². The summed E-state index contributed by atoms with van der Waals surface area (Å²) in [6.07, 6.45) is 7.82. The monoisotopic (exact) mass is 436 g/mol. The van der Waals surface area contributed by atoms with Crippen LogP contribution in [0.3, 0.4) is 0 Å². The van der Waals surface area contributed by atoms with Gasteiger partial charge in [-0.3, -0.25) is 4.79 Å². The molecule has 0 radical (unpaired) electrons. The van der Waals surface area contributed by atoms with Crippen molar-refractivity contribution in [1.82, 2.24) is 0 Å². The number of allylic oxidation sites excluding steroid dienone is 5. The minimum Gasteiger partial charge on any atom is -0.507 e. The Labute approximate surface area is 190 Å². The van der Waals surface area contributed by atoms with Crippen LogP contribution < -0.4 is 9.47 Å². The van der Waals surface area contributed by atoms with Gasteiger partial charge >= 0.3 is 0 Å². The van der Waals surface area contributed by atoms with Crippen LogP contribution in [0, 0.1) is 0 Å². The third-order valence-electron chi connectivity index (χ3n) is 5.06. The zero-order chi connectivity index (χ0) is 23.8. The molecule has 0 amide bonds. The highest BCUT2D eigenvalue weighted by atomic mass is 16.5. The first kappa shape index (κ1) is 24.8. The first-order valence-electron chi connectivity index (χ1n) is 10.5. The number of carbonyl (C=O) groups excluding carboxylic acids is 1. The van der Waals surface area contributed by atoms with E-state index in [-0.39, 0.29) is 22.8 Å². The molecule has 0 aliphatic heterocycles. The van der Waals surface area contributed by atoms with Crippen molar-refractivity contribution in [2.75, 3.05) is 14.2 Å². The molecule has 5 heteroatoms. The van der Waals surface area contributed by atoms with Crippen LogP contribution in [-0.2, 0) is 12.8 Å². The second-order valence-electron chi connectivity index (χ2n) is 8.00. The van der Waals surface area contributed by atoms with Gasteiger partial charge in [0.1, 0.15) is 23.0 Å². The Balaban J connectivity index is 2.40. The molecule has 0 aromatic heterocycles. The zero-order valence-corrected chi connectivity index (χ0v) is 19.7. The van der Waals surface area contributed by atoms with E-state index in [1.54, 1.807) is 37.5 Å². The summed E-state index contributed by atoms with van der Waals surface area (Å²) in [5.74, 6) is 0.705. The van der Waals surface area contributed by atoms with Crippen LogP contribution in [0.5, 0.6) is 23.0 Å². The number of hydrogen-bond donors (Lipinski definition) is 2. The quantitative estimate of drug-likeness (QED) is 0.285. The number of rotatable bonds is 9. The van der Waals surface area contributed by atoms with E-state index in [0.29, 0.717) is 41.0 Å². The Bertz CT molecular complexity index is 1070. The van der Waals surface area contributed by atoms with Crippen molar-refractivity contribution >= 4 is 11.9 Å². The van der Waals surface area contributed by atoms with Crippen LogP contribution in [0.1, 0.15) is 54.7 Å². The van der Waals surface area contributed by atoms with Crippen molar-refractivity contribution in [1.29, 1.82) is 0 Å². The number of carbonyl (C=O) groups is 1. The average molecular weight is 437 g/mol. The van der Waals surface area contributed by atoms with E-state index >= 15 is 0 Å². The molecule has 0 saturated carbocycles. The van der Waals surface area contributed by atoms with Crippen LogP contribution in [0.15, 0.2) is 53.6 Å². The van der Waals surface area contributed by atoms with Crippen LogP contribution in [0.4, 0.5) is 0 Å². The standard InChI is InChI=1S/C27H32O5/c1-17(2)7-11-21-24(31-5)15-10-19(26(21)29)9-14-23(28)20-13-16-25(32-6)22(27(20)30)12-8-18(3)4/h7-10,13-16,29-30H,11-12H2,1-6H3/b14-9+. The first-order chi connectivity index (χ1) is 15.2. The van der Waals surface area contributed by atoms with Crippen molar-refractivity contribution in [3.8, 4) is 23.0 Å². The molecule has 0 fully saturated rings. The predicted octanol–water partition coefficient (Wildman–Crippen LogP) is 6.03. The number of phenolic OH excluding ortho intramolecular Hbond substituents is 2. The molecule has 0 aliphatic rings. The lowest BCUT2D eigenvalue weighted by Gasteiger charge is -2.12. The van der Waals surface area contributed by atoms with Crippen LogP contribution >= 0.6 is 0 Å². The fourth-order valence-electron chi connectivity index (χ4n) is 3.23. The lowest BCUT2D eigenvalue weighted by Crippen LogP contribution is -2.00. The van der Waals surface area contributed by atoms with E-state index in [9.17, 15) is 15.0 Å². The van der Waals surface area contributed by atoms with Gasteiger partial charge in [0.2, 0.25) is 0 Å². The fourth-order valence-corrected chi connectivity index (χ4v) is 3.23. The second kappa shape index (κ2) is 11.2. The smallest absolute Gasteiger partial charge is 0.189 e. The zero-order valence-electron chi connectivity index (χ0n) is 19.7. The molecule has 0 atom stereocenters. The summed E-state index contributed by atoms with van der Waals surface area (Å²) in [5, 5.41) is 21.5. The molecule has 0 bridgehead atoms. The highest BCUT2D eigenvalue weighted by Gasteiger charge is 2.17. The Morgan fingerprint density at radius 1 is 0.812 bits per heavy atom. The number of benzene rings is 2. The lowest BCUT2D eigenvalue weighted by molar-refractivity contribution is 0.104. The van der Waals surface area contributed by atoms with E-state index in [0.717, 1.165) is 11.1 Å². The molecule has 32 heavy (non-hydrogen) atoms. The number of ketones is 1. The third-order valence-corrected chi connectivity index (χ3v) is 5.06. The molecule has 0 unspecified atom stereocenters. The number of phenols is 2. The van der Waals surface area contributed by atoms with Crippen LogP contribution in [-0.4, -0.2) is 30.2 Å². The van der Waals surface area contributed by atoms with Gasteiger partial charge in [0.05, 0.1) is 19.8 Å². The normalized spacial score (nSPS) is 10.7. The fraction of sp³-hybridized carbons (Fsp3) is 0.296. The van der Waals surface area contributed by atoms with Crippen molar-refractivity contribution in [2.45, 2.75) is 40.5 Å². The van der Waals surface area contributed by atoms with E-state index in [1.807, 2.05) is 39.8 Å². The van der Waals surface area contributed by atoms with E-state index in [1.165, 1.54) is 13.2 Å². The Kier molecular flexibility index (Phi) is 8.71. The van der Waals surface area contributed by atoms with Crippen molar-refractivity contribution in [3.05, 3.63) is 75.9 Å². The second-order valence-corrected chi connectivity index (χ2v) is 8.00. The number of aromatic hydroxyl groups is 2. The summed E-state index contributed by atoms with van der Waals surface area (Å²) in [4.78, 5) is 12.8. The van der Waals surface area contributed by atoms with Gasteiger partial charge in [0.15, 0.2) is 5.78 Å². The van der Waals surface area contributed by atoms with Crippen molar-refractivity contribution < 1.29 is 24.5 Å². The minimum atomic E-state index is -0.371. The lowest BCUT2D eigenvalue weighted by atomic mass is 9.99. The molecule has 2 N–H and O–H groups in total. The summed E-state index contributed by atoms with van der Waals surface area (Å²) in [7, 11) is 3.08. The van der Waals surface area contributed by atoms with Crippen LogP contribution in [0.2, 0.25) is 0 Å². The highest BCUT2D eigenvalue weighted by molar-refractivity contribution is 6.09. The van der Waals surface area contributed by atoms with Gasteiger partial charge in [0.25, 0.3) is 0 Å². The predicted molar refractivity (Wildman–Crippen MR) is 129 cm³/mol. The van der Waals surface area contributed by atoms with E-state index in [2.05, 4.69) is 0 Å². The maximum atomic E-state index is 12.8. The largest absolute Gasteiger partial charge is 0.507 e. The summed E-state index contributed by atoms with van der Waals surface area (Å²) < 4.78 is 10.7. The van der Waals surface area contributed by atoms with Gasteiger partial charge in [0, 0.05) is 16.7 Å². The molecule has 0 aliphatic carbocycles. The average Bonchev–Trinajstić information content (AvgIpc) is 2.75. The molecule has 170 valence electrons. The number of ether oxygens (including phenoxy) is 2. The summed E-state index contributed by atoms with van der Waals surface area (Å²) in [6.45, 7) is 7.90. The van der Waals surface area contributed by atoms with Gasteiger partial charge in [-0.2, -0.15) is 0 Å². The van der Waals surface area contributed by atoms with Gasteiger partial charge in [-0.15, -0.1) is 0 Å². The van der Waals surface area contributed by atoms with Gasteiger partial charge in [-0.25, -0.2) is 0 Å². The van der Waals surface area contributed by atoms with E-state index in [4.69, 9.17) is 9.47 Å². The summed E-state index contributed by atoms with van der Waals surface area (Å²) in [5.41, 5.74) is 4.11. The molecule has 5 nitrogen and oxygen atoms in total. The van der Waals surface area contributed by atoms with Crippen molar-refractivity contribution in [3.63, 3.8) is 0 Å². The van der Waals surface area contributed by atoms with Crippen LogP contribution in [0.25, 0.3) is 6.08 Å². The SMILES string of the molecule is COc1ccc(/C=C/C(=O)c2ccc(OC)c(CC=C(C)C)c2O)c(O)c1CC=C(C)C.